The number of carbonyl (C=O) groups is 1. The van der Waals surface area contributed by atoms with E-state index in [1.54, 1.807) is 0 Å². The molecule has 0 fully saturated rings. The predicted octanol–water partition coefficient (Wildman–Crippen LogP) is 2.81. The van der Waals surface area contributed by atoms with Gasteiger partial charge in [-0.05, 0) is 19.3 Å². The van der Waals surface area contributed by atoms with Crippen LogP contribution < -0.4 is 0 Å². The molecule has 0 spiro atoms. The molecule has 0 rings (SSSR count). The van der Waals surface area contributed by atoms with Crippen molar-refractivity contribution in [2.24, 2.45) is 5.92 Å². The third-order valence-electron chi connectivity index (χ3n) is 2.32. The van der Waals surface area contributed by atoms with Crippen molar-refractivity contribution < 1.29 is 9.53 Å². The molecule has 2 nitrogen and oxygen atoms in total. The van der Waals surface area contributed by atoms with Crippen molar-refractivity contribution in [3.63, 3.8) is 0 Å². The van der Waals surface area contributed by atoms with E-state index >= 15 is 0 Å². The van der Waals surface area contributed by atoms with Crippen molar-refractivity contribution in [1.82, 2.24) is 0 Å². The van der Waals surface area contributed by atoms with E-state index in [1.165, 1.54) is 0 Å². The van der Waals surface area contributed by atoms with Gasteiger partial charge >= 0.3 is 0 Å². The van der Waals surface area contributed by atoms with Gasteiger partial charge in [0, 0.05) is 13.0 Å². The number of ketones is 1. The van der Waals surface area contributed by atoms with Crippen LogP contribution in [0.5, 0.6) is 0 Å². The Balaban J connectivity index is 4.13. The number of carbonyl (C=O) groups excluding carboxylic acids is 1. The van der Waals surface area contributed by atoms with Crippen LogP contribution >= 0.6 is 0 Å². The molecule has 0 aliphatic heterocycles. The summed E-state index contributed by atoms with van der Waals surface area (Å²) in [5, 5.41) is 0. The van der Waals surface area contributed by atoms with Crippen molar-refractivity contribution in [3.8, 4) is 0 Å². The largest absolute Gasteiger partial charge is 0.370 e. The fourth-order valence-electron chi connectivity index (χ4n) is 1.36. The molecule has 0 amide bonds. The lowest BCUT2D eigenvalue weighted by Crippen LogP contribution is -2.30. The van der Waals surface area contributed by atoms with Crippen molar-refractivity contribution in [1.29, 1.82) is 0 Å². The van der Waals surface area contributed by atoms with E-state index in [-0.39, 0.29) is 11.9 Å². The smallest absolute Gasteiger partial charge is 0.161 e. The average molecular weight is 186 g/mol. The summed E-state index contributed by atoms with van der Waals surface area (Å²) < 4.78 is 5.46. The van der Waals surface area contributed by atoms with Crippen LogP contribution in [0.15, 0.2) is 0 Å². The Kier molecular flexibility index (Phi) is 6.87. The minimum atomic E-state index is -0.171. The Labute approximate surface area is 81.7 Å². The zero-order chi connectivity index (χ0) is 10.3. The summed E-state index contributed by atoms with van der Waals surface area (Å²) in [7, 11) is 0. The van der Waals surface area contributed by atoms with E-state index in [0.717, 1.165) is 12.8 Å². The normalized spacial score (nSPS) is 15.4. The minimum Gasteiger partial charge on any atom is -0.370 e. The number of Topliss-reactive ketones (excluding diaryl/α,β-unsaturated/α-hetero) is 1. The first kappa shape index (κ1) is 12.6. The monoisotopic (exact) mass is 186 g/mol. The molecule has 0 bridgehead atoms. The van der Waals surface area contributed by atoms with Crippen LogP contribution in [0.3, 0.4) is 0 Å². The number of ether oxygens (including phenoxy) is 1. The first-order chi connectivity index (χ1) is 6.17. The molecule has 0 aromatic heterocycles. The molecule has 2 unspecified atom stereocenters. The van der Waals surface area contributed by atoms with Gasteiger partial charge in [-0.25, -0.2) is 0 Å². The van der Waals surface area contributed by atoms with Gasteiger partial charge in [-0.3, -0.25) is 4.79 Å². The van der Waals surface area contributed by atoms with Gasteiger partial charge in [0.1, 0.15) is 6.10 Å². The summed E-state index contributed by atoms with van der Waals surface area (Å²) in [6.45, 7) is 8.76. The first-order valence-electron chi connectivity index (χ1n) is 5.31. The van der Waals surface area contributed by atoms with Gasteiger partial charge in [0.05, 0.1) is 0 Å². The highest BCUT2D eigenvalue weighted by Gasteiger charge is 2.22. The molecular formula is C11H22O2. The maximum atomic E-state index is 11.6. The molecule has 0 aliphatic carbocycles. The third kappa shape index (κ3) is 4.41. The van der Waals surface area contributed by atoms with Gasteiger partial charge in [0.15, 0.2) is 5.78 Å². The quantitative estimate of drug-likeness (QED) is 0.611. The van der Waals surface area contributed by atoms with Crippen LogP contribution in [0.25, 0.3) is 0 Å². The highest BCUT2D eigenvalue weighted by molar-refractivity contribution is 5.83. The number of hydrogen-bond donors (Lipinski definition) is 0. The summed E-state index contributed by atoms with van der Waals surface area (Å²) in [6, 6.07) is 0. The second kappa shape index (κ2) is 7.07. The van der Waals surface area contributed by atoms with Crippen LogP contribution in [0.4, 0.5) is 0 Å². The average Bonchev–Trinajstić information content (AvgIpc) is 2.13. The molecular weight excluding hydrogens is 164 g/mol. The first-order valence-corrected chi connectivity index (χ1v) is 5.31. The third-order valence-corrected chi connectivity index (χ3v) is 2.32. The van der Waals surface area contributed by atoms with E-state index in [1.807, 2.05) is 13.8 Å². The molecule has 2 heteroatoms. The predicted molar refractivity (Wildman–Crippen MR) is 54.8 cm³/mol. The second-order valence-electron chi connectivity index (χ2n) is 3.48. The highest BCUT2D eigenvalue weighted by Crippen LogP contribution is 2.14. The van der Waals surface area contributed by atoms with Gasteiger partial charge in [-0.15, -0.1) is 0 Å². The topological polar surface area (TPSA) is 26.3 Å². The van der Waals surface area contributed by atoms with Gasteiger partial charge < -0.3 is 4.74 Å². The van der Waals surface area contributed by atoms with Crippen molar-refractivity contribution >= 4 is 5.78 Å². The summed E-state index contributed by atoms with van der Waals surface area (Å²) in [5.74, 6) is 0.609. The lowest BCUT2D eigenvalue weighted by atomic mass is 9.96. The number of hydrogen-bond acceptors (Lipinski definition) is 2. The molecule has 0 radical (unpaired) electrons. The van der Waals surface area contributed by atoms with Crippen LogP contribution in [0.1, 0.15) is 47.0 Å². The zero-order valence-corrected chi connectivity index (χ0v) is 9.30. The van der Waals surface area contributed by atoms with E-state index in [2.05, 4.69) is 13.8 Å². The molecule has 2 atom stereocenters. The lowest BCUT2D eigenvalue weighted by Gasteiger charge is -2.21. The molecule has 0 aliphatic rings. The molecule has 0 saturated heterocycles. The van der Waals surface area contributed by atoms with E-state index in [4.69, 9.17) is 4.74 Å². The van der Waals surface area contributed by atoms with E-state index in [0.29, 0.717) is 18.9 Å². The fraction of sp³-hybridized carbons (Fsp3) is 0.909. The van der Waals surface area contributed by atoms with Gasteiger partial charge in [-0.2, -0.15) is 0 Å². The van der Waals surface area contributed by atoms with Crippen molar-refractivity contribution in [2.75, 3.05) is 6.61 Å². The summed E-state index contributed by atoms with van der Waals surface area (Å²) in [6.07, 6.45) is 2.39. The Morgan fingerprint density at radius 2 is 1.92 bits per heavy atom. The second-order valence-corrected chi connectivity index (χ2v) is 3.48. The van der Waals surface area contributed by atoms with E-state index < -0.39 is 0 Å². The Morgan fingerprint density at radius 1 is 1.31 bits per heavy atom. The van der Waals surface area contributed by atoms with Crippen molar-refractivity contribution in [2.45, 2.75) is 53.1 Å². The highest BCUT2D eigenvalue weighted by atomic mass is 16.5. The Bertz CT molecular complexity index is 143. The summed E-state index contributed by atoms with van der Waals surface area (Å²) >= 11 is 0. The van der Waals surface area contributed by atoms with Gasteiger partial charge in [-0.1, -0.05) is 27.2 Å². The Morgan fingerprint density at radius 3 is 2.31 bits per heavy atom. The molecule has 0 saturated carbocycles. The zero-order valence-electron chi connectivity index (χ0n) is 9.30. The van der Waals surface area contributed by atoms with Crippen LogP contribution in [-0.2, 0) is 9.53 Å². The maximum Gasteiger partial charge on any atom is 0.161 e. The van der Waals surface area contributed by atoms with Crippen molar-refractivity contribution in [3.05, 3.63) is 0 Å². The fourth-order valence-corrected chi connectivity index (χ4v) is 1.36. The Hall–Kier alpha value is -0.370. The van der Waals surface area contributed by atoms with Gasteiger partial charge in [0.25, 0.3) is 0 Å². The van der Waals surface area contributed by atoms with Crippen LogP contribution in [0.2, 0.25) is 0 Å². The maximum absolute atomic E-state index is 11.6. The molecule has 78 valence electrons. The number of rotatable bonds is 7. The standard InChI is InChI=1S/C11H22O2/c1-5-8-10(12)11(13-7-3)9(4)6-2/h9,11H,5-8H2,1-4H3. The van der Waals surface area contributed by atoms with Crippen LogP contribution in [-0.4, -0.2) is 18.5 Å². The minimum absolute atomic E-state index is 0.171. The SMILES string of the molecule is CCCC(=O)C(OCC)C(C)CC. The van der Waals surface area contributed by atoms with Gasteiger partial charge in [0.2, 0.25) is 0 Å². The lowest BCUT2D eigenvalue weighted by molar-refractivity contribution is -0.133. The molecule has 0 aromatic rings. The molecule has 0 aromatic carbocycles. The van der Waals surface area contributed by atoms with E-state index in [9.17, 15) is 4.79 Å². The summed E-state index contributed by atoms with van der Waals surface area (Å²) in [4.78, 5) is 11.6. The summed E-state index contributed by atoms with van der Waals surface area (Å²) in [5.41, 5.74) is 0. The van der Waals surface area contributed by atoms with Crippen LogP contribution in [0, 0.1) is 5.92 Å². The molecule has 13 heavy (non-hydrogen) atoms. The molecule has 0 N–H and O–H groups in total. The molecule has 0 heterocycles.